The summed E-state index contributed by atoms with van der Waals surface area (Å²) in [5, 5.41) is 4.79. The lowest BCUT2D eigenvalue weighted by molar-refractivity contribution is 0.475. The molecule has 0 fully saturated rings. The first-order valence-corrected chi connectivity index (χ1v) is 5.79. The Morgan fingerprint density at radius 2 is 2.29 bits per heavy atom. The highest BCUT2D eigenvalue weighted by Gasteiger charge is 2.06. The van der Waals surface area contributed by atoms with Crippen LogP contribution in [0.5, 0.6) is 11.5 Å². The number of hydrogen-bond donors (Lipinski definition) is 1. The van der Waals surface area contributed by atoms with Crippen molar-refractivity contribution in [1.82, 2.24) is 9.78 Å². The molecule has 0 radical (unpaired) electrons. The normalized spacial score (nSPS) is 10.5. The largest absolute Gasteiger partial charge is 0.454 e. The quantitative estimate of drug-likeness (QED) is 0.909. The third-order valence-corrected chi connectivity index (χ3v) is 2.64. The minimum atomic E-state index is 0.387. The van der Waals surface area contributed by atoms with Gasteiger partial charge in [0.25, 0.3) is 0 Å². The molecular formula is C12H14ClN3O. The molecule has 0 unspecified atom stereocenters. The summed E-state index contributed by atoms with van der Waals surface area (Å²) < 4.78 is 7.51. The molecule has 0 aliphatic heterocycles. The Hall–Kier alpha value is -1.52. The number of ether oxygens (including phenoxy) is 1. The maximum absolute atomic E-state index is 5.90. The Balaban J connectivity index is 2.23. The molecule has 17 heavy (non-hydrogen) atoms. The number of aryl methyl sites for hydroxylation is 1. The number of hydrogen-bond acceptors (Lipinski definition) is 3. The summed E-state index contributed by atoms with van der Waals surface area (Å²) >= 11 is 5.90. The fourth-order valence-electron chi connectivity index (χ4n) is 1.50. The van der Waals surface area contributed by atoms with E-state index < -0.39 is 0 Å². The zero-order valence-electron chi connectivity index (χ0n) is 9.56. The van der Waals surface area contributed by atoms with Crippen molar-refractivity contribution in [2.75, 3.05) is 0 Å². The van der Waals surface area contributed by atoms with E-state index >= 15 is 0 Å². The van der Waals surface area contributed by atoms with Gasteiger partial charge < -0.3 is 10.5 Å². The number of halogens is 1. The predicted molar refractivity (Wildman–Crippen MR) is 67.3 cm³/mol. The van der Waals surface area contributed by atoms with Gasteiger partial charge in [0, 0.05) is 23.7 Å². The van der Waals surface area contributed by atoms with Crippen LogP contribution in [0.2, 0.25) is 5.02 Å². The molecule has 5 heteroatoms. The van der Waals surface area contributed by atoms with Gasteiger partial charge in [-0.25, -0.2) is 0 Å². The SMILES string of the molecule is CCn1cc(Oc2ccc(Cl)cc2CN)cn1. The average Bonchev–Trinajstić information content (AvgIpc) is 2.79. The van der Waals surface area contributed by atoms with Crippen LogP contribution in [0.1, 0.15) is 12.5 Å². The van der Waals surface area contributed by atoms with E-state index in [1.807, 2.05) is 19.2 Å². The highest BCUT2D eigenvalue weighted by molar-refractivity contribution is 6.30. The van der Waals surface area contributed by atoms with Crippen molar-refractivity contribution in [2.24, 2.45) is 5.73 Å². The summed E-state index contributed by atoms with van der Waals surface area (Å²) in [6, 6.07) is 5.40. The van der Waals surface area contributed by atoms with Gasteiger partial charge in [0.05, 0.1) is 12.4 Å². The van der Waals surface area contributed by atoms with Crippen molar-refractivity contribution < 1.29 is 4.74 Å². The number of nitrogens with zero attached hydrogens (tertiary/aromatic N) is 2. The molecule has 0 saturated heterocycles. The van der Waals surface area contributed by atoms with Gasteiger partial charge in [-0.2, -0.15) is 5.10 Å². The van der Waals surface area contributed by atoms with Crippen molar-refractivity contribution in [2.45, 2.75) is 20.0 Å². The molecule has 2 N–H and O–H groups in total. The Morgan fingerprint density at radius 3 is 2.94 bits per heavy atom. The van der Waals surface area contributed by atoms with Gasteiger partial charge in [0.2, 0.25) is 0 Å². The lowest BCUT2D eigenvalue weighted by atomic mass is 10.2. The zero-order valence-corrected chi connectivity index (χ0v) is 10.3. The van der Waals surface area contributed by atoms with Crippen molar-refractivity contribution in [3.8, 4) is 11.5 Å². The second kappa shape index (κ2) is 5.21. The number of aromatic nitrogens is 2. The van der Waals surface area contributed by atoms with Gasteiger partial charge in [0.15, 0.2) is 5.75 Å². The fourth-order valence-corrected chi connectivity index (χ4v) is 1.70. The van der Waals surface area contributed by atoms with E-state index in [0.29, 0.717) is 23.1 Å². The molecule has 0 aliphatic rings. The molecule has 0 amide bonds. The second-order valence-electron chi connectivity index (χ2n) is 3.59. The van der Waals surface area contributed by atoms with Crippen LogP contribution >= 0.6 is 11.6 Å². The fraction of sp³-hybridized carbons (Fsp3) is 0.250. The predicted octanol–water partition coefficient (Wildman–Crippen LogP) is 2.81. The van der Waals surface area contributed by atoms with Crippen LogP contribution in [-0.2, 0) is 13.1 Å². The Bertz CT molecular complexity index is 510. The summed E-state index contributed by atoms with van der Waals surface area (Å²) in [6.45, 7) is 3.22. The van der Waals surface area contributed by atoms with Crippen molar-refractivity contribution in [1.29, 1.82) is 0 Å². The highest BCUT2D eigenvalue weighted by Crippen LogP contribution is 2.27. The summed E-state index contributed by atoms with van der Waals surface area (Å²) in [5.41, 5.74) is 6.52. The molecule has 1 heterocycles. The maximum atomic E-state index is 5.90. The van der Waals surface area contributed by atoms with Crippen molar-refractivity contribution >= 4 is 11.6 Å². The molecule has 4 nitrogen and oxygen atoms in total. The monoisotopic (exact) mass is 251 g/mol. The third-order valence-electron chi connectivity index (χ3n) is 2.40. The second-order valence-corrected chi connectivity index (χ2v) is 4.03. The van der Waals surface area contributed by atoms with E-state index in [9.17, 15) is 0 Å². The number of benzene rings is 1. The maximum Gasteiger partial charge on any atom is 0.165 e. The molecule has 2 aromatic rings. The van der Waals surface area contributed by atoms with Crippen LogP contribution in [0, 0.1) is 0 Å². The van der Waals surface area contributed by atoms with Crippen LogP contribution in [0.25, 0.3) is 0 Å². The van der Waals surface area contributed by atoms with Gasteiger partial charge in [-0.1, -0.05) is 11.6 Å². The summed E-state index contributed by atoms with van der Waals surface area (Å²) in [4.78, 5) is 0. The van der Waals surface area contributed by atoms with Gasteiger partial charge >= 0.3 is 0 Å². The molecule has 0 saturated carbocycles. The van der Waals surface area contributed by atoms with E-state index in [-0.39, 0.29) is 0 Å². The first-order valence-electron chi connectivity index (χ1n) is 5.41. The van der Waals surface area contributed by atoms with E-state index in [2.05, 4.69) is 5.10 Å². The van der Waals surface area contributed by atoms with Crippen LogP contribution < -0.4 is 10.5 Å². The first-order chi connectivity index (χ1) is 8.22. The van der Waals surface area contributed by atoms with E-state index in [1.165, 1.54) is 0 Å². The lowest BCUT2D eigenvalue weighted by Gasteiger charge is -2.08. The lowest BCUT2D eigenvalue weighted by Crippen LogP contribution is -1.99. The standard InChI is InChI=1S/C12H14ClN3O/c1-2-16-8-11(7-15-16)17-12-4-3-10(13)5-9(12)6-14/h3-5,7-8H,2,6,14H2,1H3. The number of rotatable bonds is 4. The van der Waals surface area contributed by atoms with Crippen LogP contribution in [0.15, 0.2) is 30.6 Å². The highest BCUT2D eigenvalue weighted by atomic mass is 35.5. The Morgan fingerprint density at radius 1 is 1.47 bits per heavy atom. The third kappa shape index (κ3) is 2.78. The molecule has 0 spiro atoms. The summed E-state index contributed by atoms with van der Waals surface area (Å²) in [6.07, 6.45) is 3.52. The summed E-state index contributed by atoms with van der Waals surface area (Å²) in [5.74, 6) is 1.41. The first kappa shape index (κ1) is 12.0. The van der Waals surface area contributed by atoms with E-state index in [4.69, 9.17) is 22.1 Å². The van der Waals surface area contributed by atoms with Gasteiger partial charge in [0.1, 0.15) is 5.75 Å². The van der Waals surface area contributed by atoms with Crippen LogP contribution in [0.3, 0.4) is 0 Å². The molecule has 0 bridgehead atoms. The molecular weight excluding hydrogens is 238 g/mol. The minimum absolute atomic E-state index is 0.387. The molecule has 0 aliphatic carbocycles. The van der Waals surface area contributed by atoms with Crippen LogP contribution in [0.4, 0.5) is 0 Å². The van der Waals surface area contributed by atoms with Gasteiger partial charge in [-0.3, -0.25) is 4.68 Å². The van der Waals surface area contributed by atoms with E-state index in [1.54, 1.807) is 23.0 Å². The van der Waals surface area contributed by atoms with Crippen molar-refractivity contribution in [3.63, 3.8) is 0 Å². The Kier molecular flexibility index (Phi) is 3.66. The smallest absolute Gasteiger partial charge is 0.165 e. The molecule has 0 atom stereocenters. The van der Waals surface area contributed by atoms with Crippen LogP contribution in [-0.4, -0.2) is 9.78 Å². The van der Waals surface area contributed by atoms with E-state index in [0.717, 1.165) is 12.1 Å². The van der Waals surface area contributed by atoms with Gasteiger partial charge in [-0.05, 0) is 25.1 Å². The molecule has 1 aromatic carbocycles. The van der Waals surface area contributed by atoms with Gasteiger partial charge in [-0.15, -0.1) is 0 Å². The molecule has 90 valence electrons. The minimum Gasteiger partial charge on any atom is -0.454 e. The zero-order chi connectivity index (χ0) is 12.3. The summed E-state index contributed by atoms with van der Waals surface area (Å²) in [7, 11) is 0. The topological polar surface area (TPSA) is 53.1 Å². The molecule has 1 aromatic heterocycles. The number of nitrogens with two attached hydrogens (primary N) is 1. The Labute approximate surface area is 105 Å². The molecule has 2 rings (SSSR count). The average molecular weight is 252 g/mol. The van der Waals surface area contributed by atoms with Crippen molar-refractivity contribution in [3.05, 3.63) is 41.2 Å².